The lowest BCUT2D eigenvalue weighted by atomic mass is 10.2. The van der Waals surface area contributed by atoms with Crippen molar-refractivity contribution in [3.8, 4) is 0 Å². The number of hydrogen-bond donors (Lipinski definition) is 2. The molecule has 1 atom stereocenters. The maximum absolute atomic E-state index is 11.6. The molecule has 2 rings (SSSR count). The number of aliphatic hydroxyl groups is 1. The normalized spacial score (nSPS) is 12.1. The van der Waals surface area contributed by atoms with Gasteiger partial charge in [-0.25, -0.2) is 4.98 Å². The monoisotopic (exact) mass is 249 g/mol. The van der Waals surface area contributed by atoms with E-state index in [9.17, 15) is 9.90 Å². The van der Waals surface area contributed by atoms with Crippen LogP contribution < -0.4 is 5.32 Å². The van der Waals surface area contributed by atoms with E-state index in [4.69, 9.17) is 0 Å². The van der Waals surface area contributed by atoms with Crippen molar-refractivity contribution in [1.29, 1.82) is 0 Å². The van der Waals surface area contributed by atoms with Crippen LogP contribution in [0.25, 0.3) is 0 Å². The molecule has 0 aromatic carbocycles. The quantitative estimate of drug-likeness (QED) is 0.847. The molecule has 0 bridgehead atoms. The molecule has 0 fully saturated rings. The lowest BCUT2D eigenvalue weighted by molar-refractivity contribution is 0.0911. The van der Waals surface area contributed by atoms with Crippen LogP contribution in [0.3, 0.4) is 0 Å². The number of thiophene rings is 1. The molecule has 0 saturated carbocycles. The topological polar surface area (TPSA) is 75.1 Å². The van der Waals surface area contributed by atoms with Crippen molar-refractivity contribution in [3.05, 3.63) is 46.7 Å². The highest BCUT2D eigenvalue weighted by atomic mass is 32.1. The average molecular weight is 249 g/mol. The van der Waals surface area contributed by atoms with E-state index in [1.165, 1.54) is 29.9 Å². The van der Waals surface area contributed by atoms with Gasteiger partial charge in [-0.2, -0.15) is 11.3 Å². The van der Waals surface area contributed by atoms with E-state index in [-0.39, 0.29) is 18.1 Å². The van der Waals surface area contributed by atoms with Crippen molar-refractivity contribution in [2.45, 2.75) is 6.10 Å². The Balaban J connectivity index is 1.89. The second-order valence-electron chi connectivity index (χ2n) is 3.37. The third kappa shape index (κ3) is 3.08. The summed E-state index contributed by atoms with van der Waals surface area (Å²) in [6.07, 6.45) is 3.63. The van der Waals surface area contributed by atoms with E-state index in [2.05, 4.69) is 15.3 Å². The Bertz CT molecular complexity index is 473. The molecule has 1 amide bonds. The van der Waals surface area contributed by atoms with Crippen molar-refractivity contribution in [2.75, 3.05) is 6.54 Å². The van der Waals surface area contributed by atoms with Gasteiger partial charge in [0.2, 0.25) is 0 Å². The van der Waals surface area contributed by atoms with E-state index in [0.717, 1.165) is 5.56 Å². The number of nitrogens with one attached hydrogen (secondary N) is 1. The van der Waals surface area contributed by atoms with Crippen LogP contribution in [0.1, 0.15) is 22.2 Å². The Morgan fingerprint density at radius 2 is 2.41 bits per heavy atom. The predicted molar refractivity (Wildman–Crippen MR) is 63.6 cm³/mol. The summed E-state index contributed by atoms with van der Waals surface area (Å²) in [7, 11) is 0. The number of aromatic nitrogens is 2. The van der Waals surface area contributed by atoms with Crippen molar-refractivity contribution in [1.82, 2.24) is 15.3 Å². The zero-order valence-corrected chi connectivity index (χ0v) is 9.72. The van der Waals surface area contributed by atoms with Crippen LogP contribution in [0.5, 0.6) is 0 Å². The summed E-state index contributed by atoms with van der Waals surface area (Å²) in [5, 5.41) is 16.1. The standard InChI is InChI=1S/C11H11N3O2S/c15-10(8-1-4-17-7-8)6-14-11(16)9-5-12-2-3-13-9/h1-5,7,10,15H,6H2,(H,14,16)/t10-/m1/s1. The van der Waals surface area contributed by atoms with Gasteiger partial charge in [-0.05, 0) is 22.4 Å². The first-order chi connectivity index (χ1) is 8.27. The Hall–Kier alpha value is -1.79. The summed E-state index contributed by atoms with van der Waals surface area (Å²) in [6.45, 7) is 0.159. The van der Waals surface area contributed by atoms with Gasteiger partial charge < -0.3 is 10.4 Å². The number of carbonyl (C=O) groups excluding carboxylic acids is 1. The van der Waals surface area contributed by atoms with Gasteiger partial charge in [-0.1, -0.05) is 0 Å². The fourth-order valence-electron chi connectivity index (χ4n) is 1.28. The third-order valence-electron chi connectivity index (χ3n) is 2.18. The van der Waals surface area contributed by atoms with E-state index in [0.29, 0.717) is 0 Å². The van der Waals surface area contributed by atoms with Gasteiger partial charge in [0, 0.05) is 18.9 Å². The smallest absolute Gasteiger partial charge is 0.271 e. The molecular weight excluding hydrogens is 238 g/mol. The Kier molecular flexibility index (Phi) is 3.79. The highest BCUT2D eigenvalue weighted by Gasteiger charge is 2.11. The maximum atomic E-state index is 11.6. The molecule has 5 nitrogen and oxygen atoms in total. The number of nitrogens with zero attached hydrogens (tertiary/aromatic N) is 2. The van der Waals surface area contributed by atoms with Crippen LogP contribution in [0, 0.1) is 0 Å². The molecule has 2 heterocycles. The van der Waals surface area contributed by atoms with E-state index < -0.39 is 6.10 Å². The summed E-state index contributed by atoms with van der Waals surface area (Å²) >= 11 is 1.50. The van der Waals surface area contributed by atoms with Gasteiger partial charge in [0.25, 0.3) is 5.91 Å². The minimum atomic E-state index is -0.693. The molecule has 2 aromatic rings. The number of amides is 1. The molecule has 0 aliphatic heterocycles. The molecule has 17 heavy (non-hydrogen) atoms. The average Bonchev–Trinajstić information content (AvgIpc) is 2.90. The second kappa shape index (κ2) is 5.51. The maximum Gasteiger partial charge on any atom is 0.271 e. The molecule has 0 radical (unpaired) electrons. The molecule has 0 aliphatic carbocycles. The summed E-state index contributed by atoms with van der Waals surface area (Å²) in [5.41, 5.74) is 1.04. The van der Waals surface area contributed by atoms with Gasteiger partial charge in [0.15, 0.2) is 0 Å². The fourth-order valence-corrected chi connectivity index (χ4v) is 1.99. The van der Waals surface area contributed by atoms with Gasteiger partial charge in [-0.3, -0.25) is 9.78 Å². The number of carbonyl (C=O) groups is 1. The number of hydrogen-bond acceptors (Lipinski definition) is 5. The molecule has 0 unspecified atom stereocenters. The zero-order chi connectivity index (χ0) is 12.1. The first kappa shape index (κ1) is 11.7. The van der Waals surface area contributed by atoms with Crippen molar-refractivity contribution >= 4 is 17.2 Å². The third-order valence-corrected chi connectivity index (χ3v) is 2.88. The second-order valence-corrected chi connectivity index (χ2v) is 4.15. The van der Waals surface area contributed by atoms with Crippen LogP contribution in [-0.4, -0.2) is 27.5 Å². The van der Waals surface area contributed by atoms with E-state index in [1.807, 2.05) is 16.8 Å². The lowest BCUT2D eigenvalue weighted by Crippen LogP contribution is -2.28. The van der Waals surface area contributed by atoms with Gasteiger partial charge in [0.05, 0.1) is 12.3 Å². The van der Waals surface area contributed by atoms with E-state index >= 15 is 0 Å². The van der Waals surface area contributed by atoms with Crippen molar-refractivity contribution < 1.29 is 9.90 Å². The highest BCUT2D eigenvalue weighted by Crippen LogP contribution is 2.15. The Morgan fingerprint density at radius 3 is 3.06 bits per heavy atom. The van der Waals surface area contributed by atoms with Crippen molar-refractivity contribution in [2.24, 2.45) is 0 Å². The summed E-state index contributed by atoms with van der Waals surface area (Å²) in [4.78, 5) is 19.3. The van der Waals surface area contributed by atoms with Gasteiger partial charge in [-0.15, -0.1) is 0 Å². The molecule has 0 spiro atoms. The zero-order valence-electron chi connectivity index (χ0n) is 8.91. The molecule has 88 valence electrons. The van der Waals surface area contributed by atoms with Crippen LogP contribution in [-0.2, 0) is 0 Å². The minimum absolute atomic E-state index is 0.159. The van der Waals surface area contributed by atoms with Crippen LogP contribution in [0.4, 0.5) is 0 Å². The molecular formula is C11H11N3O2S. The highest BCUT2D eigenvalue weighted by molar-refractivity contribution is 7.07. The van der Waals surface area contributed by atoms with Crippen LogP contribution >= 0.6 is 11.3 Å². The lowest BCUT2D eigenvalue weighted by Gasteiger charge is -2.09. The van der Waals surface area contributed by atoms with Crippen LogP contribution in [0.15, 0.2) is 35.4 Å². The summed E-state index contributed by atoms with van der Waals surface area (Å²) in [5.74, 6) is -0.340. The molecule has 2 N–H and O–H groups in total. The Labute approximate surface area is 102 Å². The largest absolute Gasteiger partial charge is 0.387 e. The van der Waals surface area contributed by atoms with E-state index in [1.54, 1.807) is 0 Å². The van der Waals surface area contributed by atoms with Gasteiger partial charge >= 0.3 is 0 Å². The summed E-state index contributed by atoms with van der Waals surface area (Å²) in [6, 6.07) is 1.82. The summed E-state index contributed by atoms with van der Waals surface area (Å²) < 4.78 is 0. The minimum Gasteiger partial charge on any atom is -0.387 e. The van der Waals surface area contributed by atoms with Crippen LogP contribution in [0.2, 0.25) is 0 Å². The first-order valence-electron chi connectivity index (χ1n) is 5.02. The molecule has 0 saturated heterocycles. The Morgan fingerprint density at radius 1 is 1.53 bits per heavy atom. The van der Waals surface area contributed by atoms with Gasteiger partial charge in [0.1, 0.15) is 5.69 Å². The number of rotatable bonds is 4. The predicted octanol–water partition coefficient (Wildman–Crippen LogP) is 1.00. The first-order valence-corrected chi connectivity index (χ1v) is 5.96. The number of aliphatic hydroxyl groups excluding tert-OH is 1. The SMILES string of the molecule is O=C(NC[C@@H](O)c1ccsc1)c1cnccn1. The molecule has 2 aromatic heterocycles. The molecule has 0 aliphatic rings. The molecule has 6 heteroatoms. The fraction of sp³-hybridized carbons (Fsp3) is 0.182. The van der Waals surface area contributed by atoms with Crippen molar-refractivity contribution in [3.63, 3.8) is 0 Å².